The van der Waals surface area contributed by atoms with E-state index < -0.39 is 15.9 Å². The Kier molecular flexibility index (Phi) is 8.00. The minimum absolute atomic E-state index is 0.0720. The quantitative estimate of drug-likeness (QED) is 0.334. The van der Waals surface area contributed by atoms with E-state index in [0.717, 1.165) is 10.0 Å². The van der Waals surface area contributed by atoms with Crippen LogP contribution in [-0.4, -0.2) is 20.9 Å². The molecule has 3 aromatic rings. The summed E-state index contributed by atoms with van der Waals surface area (Å²) < 4.78 is 33.5. The van der Waals surface area contributed by atoms with E-state index in [1.54, 1.807) is 24.3 Å². The summed E-state index contributed by atoms with van der Waals surface area (Å²) in [6.07, 6.45) is 1.97. The smallest absolute Gasteiger partial charge is 0.262 e. The summed E-state index contributed by atoms with van der Waals surface area (Å²) >= 11 is 3.26. The van der Waals surface area contributed by atoms with E-state index in [1.807, 2.05) is 36.4 Å². The van der Waals surface area contributed by atoms with Crippen molar-refractivity contribution in [2.45, 2.75) is 17.9 Å². The van der Waals surface area contributed by atoms with E-state index >= 15 is 0 Å². The second-order valence-electron chi connectivity index (χ2n) is 6.74. The van der Waals surface area contributed by atoms with Crippen LogP contribution in [0.4, 0.5) is 0 Å². The topological polar surface area (TPSA) is 112 Å². The van der Waals surface area contributed by atoms with Gasteiger partial charge in [-0.3, -0.25) is 4.79 Å². The van der Waals surface area contributed by atoms with Crippen molar-refractivity contribution in [3.63, 3.8) is 0 Å². The van der Waals surface area contributed by atoms with Crippen LogP contribution in [0.1, 0.15) is 17.1 Å². The van der Waals surface area contributed by atoms with Gasteiger partial charge in [-0.2, -0.15) is 5.26 Å². The summed E-state index contributed by atoms with van der Waals surface area (Å²) in [6.45, 7) is 0.320. The van der Waals surface area contributed by atoms with Crippen molar-refractivity contribution in [1.82, 2.24) is 10.0 Å². The molecule has 2 N–H and O–H groups in total. The number of carbonyl (C=O) groups is 1. The van der Waals surface area contributed by atoms with Gasteiger partial charge in [0.15, 0.2) is 0 Å². The summed E-state index contributed by atoms with van der Waals surface area (Å²) in [4.78, 5) is 12.4. The van der Waals surface area contributed by atoms with Crippen molar-refractivity contribution >= 4 is 37.9 Å². The molecule has 0 spiro atoms. The summed E-state index contributed by atoms with van der Waals surface area (Å²) in [7, 11) is -3.70. The fourth-order valence-electron chi connectivity index (χ4n) is 2.78. The second-order valence-corrected chi connectivity index (χ2v) is 9.43. The first kappa shape index (κ1) is 23.5. The number of nitrogens with zero attached hydrogens (tertiary/aromatic N) is 1. The van der Waals surface area contributed by atoms with Crippen molar-refractivity contribution in [1.29, 1.82) is 5.26 Å². The molecule has 0 aliphatic rings. The minimum Gasteiger partial charge on any atom is -0.460 e. The van der Waals surface area contributed by atoms with Crippen LogP contribution in [0.2, 0.25) is 0 Å². The van der Waals surface area contributed by atoms with Gasteiger partial charge in [-0.05, 0) is 48.4 Å². The Morgan fingerprint density at radius 2 is 1.78 bits per heavy atom. The van der Waals surface area contributed by atoms with E-state index in [2.05, 4.69) is 26.0 Å². The maximum absolute atomic E-state index is 12.4. The number of benzene rings is 2. The minimum atomic E-state index is -3.70. The van der Waals surface area contributed by atoms with Gasteiger partial charge in [-0.25, -0.2) is 13.1 Å². The molecule has 3 rings (SSSR count). The molecule has 1 aromatic heterocycles. The number of sulfonamides is 1. The average Bonchev–Trinajstić information content (AvgIpc) is 3.24. The first-order valence-corrected chi connectivity index (χ1v) is 11.9. The molecule has 2 aromatic carbocycles. The number of furan rings is 1. The third kappa shape index (κ3) is 6.65. The lowest BCUT2D eigenvalue weighted by atomic mass is 10.1. The van der Waals surface area contributed by atoms with Gasteiger partial charge >= 0.3 is 0 Å². The van der Waals surface area contributed by atoms with Gasteiger partial charge < -0.3 is 9.73 Å². The number of hydrogen-bond acceptors (Lipinski definition) is 5. The molecule has 0 fully saturated rings. The monoisotopic (exact) mass is 513 g/mol. The molecule has 0 bridgehead atoms. The number of amides is 1. The lowest BCUT2D eigenvalue weighted by molar-refractivity contribution is -0.117. The molecule has 7 nitrogen and oxygen atoms in total. The number of rotatable bonds is 9. The highest BCUT2D eigenvalue weighted by molar-refractivity contribution is 9.10. The van der Waals surface area contributed by atoms with E-state index in [-0.39, 0.29) is 22.8 Å². The van der Waals surface area contributed by atoms with Crippen LogP contribution < -0.4 is 10.0 Å². The number of nitriles is 1. The van der Waals surface area contributed by atoms with Crippen LogP contribution in [-0.2, 0) is 27.8 Å². The molecule has 0 aliphatic carbocycles. The summed E-state index contributed by atoms with van der Waals surface area (Å²) in [5, 5.41) is 12.0. The highest BCUT2D eigenvalue weighted by Gasteiger charge is 2.15. The molecule has 32 heavy (non-hydrogen) atoms. The molecule has 164 valence electrons. The fourth-order valence-corrected chi connectivity index (χ4v) is 4.04. The van der Waals surface area contributed by atoms with Gasteiger partial charge in [0, 0.05) is 17.1 Å². The van der Waals surface area contributed by atoms with Gasteiger partial charge in [0.1, 0.15) is 23.2 Å². The Morgan fingerprint density at radius 3 is 2.47 bits per heavy atom. The van der Waals surface area contributed by atoms with Crippen LogP contribution in [0.5, 0.6) is 0 Å². The van der Waals surface area contributed by atoms with Gasteiger partial charge in [0.2, 0.25) is 10.0 Å². The van der Waals surface area contributed by atoms with E-state index in [4.69, 9.17) is 4.42 Å². The zero-order valence-corrected chi connectivity index (χ0v) is 19.3. The Balaban J connectivity index is 1.57. The molecule has 0 atom stereocenters. The van der Waals surface area contributed by atoms with Crippen molar-refractivity contribution in [2.24, 2.45) is 0 Å². The molecular formula is C23H20BrN3O4S. The molecule has 0 radical (unpaired) electrons. The molecule has 9 heteroatoms. The number of halogens is 1. The van der Waals surface area contributed by atoms with Crippen LogP contribution in [0.25, 0.3) is 6.08 Å². The maximum atomic E-state index is 12.4. The molecule has 0 saturated carbocycles. The third-order valence-electron chi connectivity index (χ3n) is 4.44. The van der Waals surface area contributed by atoms with Gasteiger partial charge in [-0.1, -0.05) is 46.3 Å². The average molecular weight is 514 g/mol. The van der Waals surface area contributed by atoms with Crippen LogP contribution in [0.15, 0.2) is 86.1 Å². The lowest BCUT2D eigenvalue weighted by Gasteiger charge is -2.05. The molecular weight excluding hydrogens is 494 g/mol. The maximum Gasteiger partial charge on any atom is 0.262 e. The SMILES string of the molecule is N#C/C(=C/c1ccc(CNS(=O)(=O)c2ccc(Br)cc2)o1)C(=O)NCCc1ccccc1. The number of nitrogens with one attached hydrogen (secondary N) is 2. The second kappa shape index (κ2) is 10.9. The molecule has 1 amide bonds. The van der Waals surface area contributed by atoms with Gasteiger partial charge in [0.25, 0.3) is 5.91 Å². The molecule has 1 heterocycles. The summed E-state index contributed by atoms with van der Waals surface area (Å²) in [5.41, 5.74) is 0.978. The fraction of sp³-hybridized carbons (Fsp3) is 0.130. The van der Waals surface area contributed by atoms with E-state index in [0.29, 0.717) is 18.7 Å². The first-order chi connectivity index (χ1) is 15.4. The largest absolute Gasteiger partial charge is 0.460 e. The highest BCUT2D eigenvalue weighted by atomic mass is 79.9. The summed E-state index contributed by atoms with van der Waals surface area (Å²) in [6, 6.07) is 20.9. The Labute approximate surface area is 194 Å². The molecule has 0 aliphatic heterocycles. The van der Waals surface area contributed by atoms with Crippen molar-refractivity contribution in [3.05, 3.63) is 93.9 Å². The standard InChI is InChI=1S/C23H20BrN3O4S/c24-19-6-10-22(11-7-19)32(29,30)27-16-21-9-8-20(31-21)14-18(15-25)23(28)26-13-12-17-4-2-1-3-5-17/h1-11,14,27H,12-13,16H2,(H,26,28)/b18-14-. The summed E-state index contributed by atoms with van der Waals surface area (Å²) in [5.74, 6) is 0.119. The van der Waals surface area contributed by atoms with Crippen molar-refractivity contribution in [2.75, 3.05) is 6.54 Å². The Morgan fingerprint density at radius 1 is 1.06 bits per heavy atom. The molecule has 0 saturated heterocycles. The van der Waals surface area contributed by atoms with E-state index in [1.165, 1.54) is 18.2 Å². The van der Waals surface area contributed by atoms with Crippen molar-refractivity contribution in [3.8, 4) is 6.07 Å². The Bertz CT molecular complexity index is 1240. The van der Waals surface area contributed by atoms with Crippen molar-refractivity contribution < 1.29 is 17.6 Å². The van der Waals surface area contributed by atoms with Crippen LogP contribution in [0.3, 0.4) is 0 Å². The van der Waals surface area contributed by atoms with E-state index in [9.17, 15) is 18.5 Å². The zero-order chi connectivity index (χ0) is 23.0. The van der Waals surface area contributed by atoms with Gasteiger partial charge in [-0.15, -0.1) is 0 Å². The van der Waals surface area contributed by atoms with Crippen LogP contribution in [0, 0.1) is 11.3 Å². The Hall–Kier alpha value is -3.19. The third-order valence-corrected chi connectivity index (χ3v) is 6.38. The highest BCUT2D eigenvalue weighted by Crippen LogP contribution is 2.16. The zero-order valence-electron chi connectivity index (χ0n) is 16.9. The predicted molar refractivity (Wildman–Crippen MR) is 124 cm³/mol. The number of carbonyl (C=O) groups excluding carboxylic acids is 1. The normalized spacial score (nSPS) is 11.7. The number of hydrogen-bond donors (Lipinski definition) is 2. The first-order valence-electron chi connectivity index (χ1n) is 9.65. The lowest BCUT2D eigenvalue weighted by Crippen LogP contribution is -2.26. The van der Waals surface area contributed by atoms with Gasteiger partial charge in [0.05, 0.1) is 11.4 Å². The molecule has 0 unspecified atom stereocenters. The van der Waals surface area contributed by atoms with Crippen LogP contribution >= 0.6 is 15.9 Å². The predicted octanol–water partition coefficient (Wildman–Crippen LogP) is 3.79.